The maximum atomic E-state index is 11.3. The molecule has 0 spiro atoms. The zero-order valence-electron chi connectivity index (χ0n) is 12.3. The lowest BCUT2D eigenvalue weighted by molar-refractivity contribution is -0.273. The number of carbonyl (C=O) groups is 1. The highest BCUT2D eigenvalue weighted by molar-refractivity contribution is 5.73. The molecule has 1 aromatic rings. The molecule has 0 unspecified atom stereocenters. The predicted molar refractivity (Wildman–Crippen MR) is 76.6 cm³/mol. The van der Waals surface area contributed by atoms with E-state index in [-0.39, 0.29) is 12.5 Å². The Morgan fingerprint density at radius 1 is 1.27 bits per heavy atom. The van der Waals surface area contributed by atoms with Crippen molar-refractivity contribution in [3.8, 4) is 0 Å². The number of carbonyl (C=O) groups excluding carboxylic acids is 1. The van der Waals surface area contributed by atoms with Crippen LogP contribution in [0.5, 0.6) is 0 Å². The molecule has 1 aliphatic rings. The van der Waals surface area contributed by atoms with E-state index >= 15 is 0 Å². The number of benzene rings is 1. The molecular weight excluding hydrogens is 290 g/mol. The maximum absolute atomic E-state index is 11.3. The molecule has 0 saturated carbocycles. The van der Waals surface area contributed by atoms with Gasteiger partial charge in [0.05, 0.1) is 13.2 Å². The number of hydrogen-bond donors (Lipinski definition) is 4. The van der Waals surface area contributed by atoms with Crippen molar-refractivity contribution in [2.75, 3.05) is 6.61 Å². The molecule has 0 aromatic heterocycles. The molecule has 122 valence electrons. The first-order valence-corrected chi connectivity index (χ1v) is 7.08. The van der Waals surface area contributed by atoms with E-state index in [1.807, 2.05) is 30.3 Å². The molecule has 5 atom stereocenters. The molecule has 7 heteroatoms. The highest BCUT2D eigenvalue weighted by atomic mass is 16.7. The summed E-state index contributed by atoms with van der Waals surface area (Å²) >= 11 is 0. The van der Waals surface area contributed by atoms with Crippen LogP contribution in [0.15, 0.2) is 30.3 Å². The number of amides is 1. The standard InChI is InChI=1S/C15H21NO6/c1-9(18)16-12-14(20)13(19)11(7-17)22-15(12)21-8-10-5-3-2-4-6-10/h2-6,11-15,17,19-20H,7-8H2,1H3,(H,16,18)/t11-,12-,13+,14-,15+/m0/s1. The number of hydrogen-bond acceptors (Lipinski definition) is 6. The van der Waals surface area contributed by atoms with E-state index < -0.39 is 37.3 Å². The third kappa shape index (κ3) is 4.02. The Hall–Kier alpha value is -1.51. The van der Waals surface area contributed by atoms with Gasteiger partial charge in [0.1, 0.15) is 24.4 Å². The van der Waals surface area contributed by atoms with Gasteiger partial charge in [0.15, 0.2) is 6.29 Å². The molecule has 0 aliphatic carbocycles. The van der Waals surface area contributed by atoms with E-state index in [1.54, 1.807) is 0 Å². The quantitative estimate of drug-likeness (QED) is 0.564. The topological polar surface area (TPSA) is 108 Å². The van der Waals surface area contributed by atoms with E-state index in [0.717, 1.165) is 5.56 Å². The summed E-state index contributed by atoms with van der Waals surface area (Å²) in [6.07, 6.45) is -4.55. The van der Waals surface area contributed by atoms with Crippen LogP contribution >= 0.6 is 0 Å². The van der Waals surface area contributed by atoms with E-state index in [2.05, 4.69) is 5.32 Å². The van der Waals surface area contributed by atoms with Crippen LogP contribution in [0.2, 0.25) is 0 Å². The van der Waals surface area contributed by atoms with Gasteiger partial charge in [-0.15, -0.1) is 0 Å². The molecule has 1 fully saturated rings. The average Bonchev–Trinajstić information content (AvgIpc) is 2.52. The minimum atomic E-state index is -1.31. The second kappa shape index (κ2) is 7.66. The number of nitrogens with one attached hydrogen (secondary N) is 1. The fraction of sp³-hybridized carbons (Fsp3) is 0.533. The molecule has 1 saturated heterocycles. The number of aliphatic hydroxyl groups is 3. The molecule has 1 aromatic carbocycles. The zero-order valence-corrected chi connectivity index (χ0v) is 12.3. The highest BCUT2D eigenvalue weighted by Gasteiger charge is 2.45. The molecule has 22 heavy (non-hydrogen) atoms. The SMILES string of the molecule is CC(=O)N[C@@H]1[C@H](OCc2ccccc2)O[C@@H](CO)[C@@H](O)[C@H]1O. The van der Waals surface area contributed by atoms with Crippen molar-refractivity contribution in [3.63, 3.8) is 0 Å². The minimum Gasteiger partial charge on any atom is -0.394 e. The first-order valence-electron chi connectivity index (χ1n) is 7.08. The van der Waals surface area contributed by atoms with Crippen LogP contribution in [0.1, 0.15) is 12.5 Å². The van der Waals surface area contributed by atoms with Gasteiger partial charge in [-0.25, -0.2) is 0 Å². The molecule has 1 heterocycles. The summed E-state index contributed by atoms with van der Waals surface area (Å²) in [4.78, 5) is 11.3. The number of aliphatic hydroxyl groups excluding tert-OH is 3. The van der Waals surface area contributed by atoms with Gasteiger partial charge < -0.3 is 30.1 Å². The van der Waals surface area contributed by atoms with E-state index in [9.17, 15) is 20.1 Å². The van der Waals surface area contributed by atoms with Gasteiger partial charge in [0, 0.05) is 6.92 Å². The third-order valence-corrected chi connectivity index (χ3v) is 3.51. The average molecular weight is 311 g/mol. The van der Waals surface area contributed by atoms with E-state index in [1.165, 1.54) is 6.92 Å². The van der Waals surface area contributed by atoms with E-state index in [4.69, 9.17) is 9.47 Å². The Morgan fingerprint density at radius 3 is 2.55 bits per heavy atom. The van der Waals surface area contributed by atoms with Crippen LogP contribution in [0.3, 0.4) is 0 Å². The van der Waals surface area contributed by atoms with Gasteiger partial charge in [0.25, 0.3) is 0 Å². The van der Waals surface area contributed by atoms with Crippen LogP contribution in [0.4, 0.5) is 0 Å². The van der Waals surface area contributed by atoms with Gasteiger partial charge in [-0.1, -0.05) is 30.3 Å². The van der Waals surface area contributed by atoms with Crippen LogP contribution in [-0.4, -0.2) is 58.5 Å². The lowest BCUT2D eigenvalue weighted by atomic mass is 9.97. The Morgan fingerprint density at radius 2 is 1.95 bits per heavy atom. The summed E-state index contributed by atoms with van der Waals surface area (Å²) in [6.45, 7) is 1.05. The smallest absolute Gasteiger partial charge is 0.217 e. The first kappa shape index (κ1) is 16.9. The summed E-state index contributed by atoms with van der Waals surface area (Å²) in [5.41, 5.74) is 0.897. The highest BCUT2D eigenvalue weighted by Crippen LogP contribution is 2.23. The predicted octanol–water partition coefficient (Wildman–Crippen LogP) is -0.853. The summed E-state index contributed by atoms with van der Waals surface area (Å²) in [5, 5.41) is 31.7. The molecule has 7 nitrogen and oxygen atoms in total. The maximum Gasteiger partial charge on any atom is 0.217 e. The second-order valence-electron chi connectivity index (χ2n) is 5.23. The second-order valence-corrected chi connectivity index (χ2v) is 5.23. The lowest BCUT2D eigenvalue weighted by Crippen LogP contribution is -2.64. The fourth-order valence-electron chi connectivity index (χ4n) is 2.37. The molecule has 1 aliphatic heterocycles. The molecular formula is C15H21NO6. The molecule has 4 N–H and O–H groups in total. The van der Waals surface area contributed by atoms with Crippen molar-refractivity contribution in [2.24, 2.45) is 0 Å². The number of ether oxygens (including phenoxy) is 2. The monoisotopic (exact) mass is 311 g/mol. The van der Waals surface area contributed by atoms with Crippen LogP contribution in [0, 0.1) is 0 Å². The van der Waals surface area contributed by atoms with Gasteiger partial charge in [-0.3, -0.25) is 4.79 Å². The van der Waals surface area contributed by atoms with Crippen LogP contribution in [-0.2, 0) is 20.9 Å². The Labute approximate surface area is 128 Å². The summed E-state index contributed by atoms with van der Waals surface area (Å²) in [5.74, 6) is -0.379. The molecule has 0 bridgehead atoms. The Bertz CT molecular complexity index is 482. The van der Waals surface area contributed by atoms with Crippen molar-refractivity contribution in [3.05, 3.63) is 35.9 Å². The molecule has 1 amide bonds. The first-order chi connectivity index (χ1) is 10.5. The summed E-state index contributed by atoms with van der Waals surface area (Å²) in [6, 6.07) is 8.42. The molecule has 0 radical (unpaired) electrons. The normalized spacial score (nSPS) is 31.7. The fourth-order valence-corrected chi connectivity index (χ4v) is 2.37. The minimum absolute atomic E-state index is 0.211. The van der Waals surface area contributed by atoms with Crippen molar-refractivity contribution < 1.29 is 29.6 Å². The lowest BCUT2D eigenvalue weighted by Gasteiger charge is -2.42. The Kier molecular flexibility index (Phi) is 5.87. The van der Waals surface area contributed by atoms with Gasteiger partial charge in [0.2, 0.25) is 5.91 Å². The Balaban J connectivity index is 2.07. The van der Waals surface area contributed by atoms with Crippen LogP contribution < -0.4 is 5.32 Å². The van der Waals surface area contributed by atoms with Gasteiger partial charge in [-0.05, 0) is 5.56 Å². The van der Waals surface area contributed by atoms with Crippen molar-refractivity contribution in [2.45, 2.75) is 44.2 Å². The van der Waals surface area contributed by atoms with Crippen molar-refractivity contribution in [1.29, 1.82) is 0 Å². The third-order valence-electron chi connectivity index (χ3n) is 3.51. The zero-order chi connectivity index (χ0) is 16.1. The summed E-state index contributed by atoms with van der Waals surface area (Å²) in [7, 11) is 0. The molecule has 2 rings (SSSR count). The largest absolute Gasteiger partial charge is 0.394 e. The number of rotatable bonds is 5. The van der Waals surface area contributed by atoms with Crippen molar-refractivity contribution >= 4 is 5.91 Å². The van der Waals surface area contributed by atoms with Crippen LogP contribution in [0.25, 0.3) is 0 Å². The van der Waals surface area contributed by atoms with E-state index in [0.29, 0.717) is 0 Å². The van der Waals surface area contributed by atoms with Gasteiger partial charge >= 0.3 is 0 Å². The summed E-state index contributed by atoms with van der Waals surface area (Å²) < 4.78 is 11.1. The van der Waals surface area contributed by atoms with Crippen molar-refractivity contribution in [1.82, 2.24) is 5.32 Å². The van der Waals surface area contributed by atoms with Gasteiger partial charge in [-0.2, -0.15) is 0 Å².